The molecule has 0 heterocycles. The average Bonchev–Trinajstić information content (AvgIpc) is 2.47. The monoisotopic (exact) mass is 258 g/mol. The molecule has 1 fully saturated rings. The van der Waals surface area contributed by atoms with Crippen LogP contribution < -0.4 is 0 Å². The molecule has 2 rings (SSSR count). The smallest absolute Gasteiger partial charge is 0.308 e. The van der Waals surface area contributed by atoms with Crippen molar-refractivity contribution in [3.05, 3.63) is 48.0 Å². The number of benzene rings is 1. The van der Waals surface area contributed by atoms with Crippen molar-refractivity contribution in [1.82, 2.24) is 0 Å². The first-order valence-corrected chi connectivity index (χ1v) is 6.48. The third-order valence-electron chi connectivity index (χ3n) is 3.74. The van der Waals surface area contributed by atoms with Gasteiger partial charge in [0.1, 0.15) is 0 Å². The largest absolute Gasteiger partial charge is 0.469 e. The van der Waals surface area contributed by atoms with Crippen LogP contribution in [0.15, 0.2) is 42.5 Å². The van der Waals surface area contributed by atoms with Crippen molar-refractivity contribution in [2.24, 2.45) is 11.8 Å². The Labute approximate surface area is 113 Å². The van der Waals surface area contributed by atoms with Crippen LogP contribution in [0.2, 0.25) is 0 Å². The van der Waals surface area contributed by atoms with Crippen LogP contribution in [0, 0.1) is 11.8 Å². The molecular weight excluding hydrogens is 240 g/mol. The quantitative estimate of drug-likeness (QED) is 0.475. The molecule has 2 atom stereocenters. The van der Waals surface area contributed by atoms with Crippen molar-refractivity contribution in [3.8, 4) is 0 Å². The topological polar surface area (TPSA) is 43.4 Å². The molecule has 0 N–H and O–H groups in total. The van der Waals surface area contributed by atoms with Crippen LogP contribution in [0.1, 0.15) is 29.6 Å². The summed E-state index contributed by atoms with van der Waals surface area (Å²) < 4.78 is 4.78. The van der Waals surface area contributed by atoms with Gasteiger partial charge in [0, 0.05) is 11.5 Å². The van der Waals surface area contributed by atoms with E-state index in [1.165, 1.54) is 7.11 Å². The molecule has 1 aromatic carbocycles. The number of allylic oxidation sites excluding steroid dienone is 1. The summed E-state index contributed by atoms with van der Waals surface area (Å²) in [6.07, 6.45) is 1.95. The third kappa shape index (κ3) is 2.92. The number of esters is 1. The number of hydrogen-bond donors (Lipinski definition) is 0. The maximum absolute atomic E-state index is 12.5. The molecule has 100 valence electrons. The minimum absolute atomic E-state index is 0.0548. The lowest BCUT2D eigenvalue weighted by molar-refractivity contribution is -0.146. The minimum atomic E-state index is -0.264. The van der Waals surface area contributed by atoms with Crippen LogP contribution in [0.3, 0.4) is 0 Å². The molecule has 0 spiro atoms. The Morgan fingerprint density at radius 1 is 1.26 bits per heavy atom. The lowest BCUT2D eigenvalue weighted by Crippen LogP contribution is -2.29. The van der Waals surface area contributed by atoms with Gasteiger partial charge in [-0.05, 0) is 19.3 Å². The van der Waals surface area contributed by atoms with Crippen LogP contribution in [0.4, 0.5) is 0 Å². The summed E-state index contributed by atoms with van der Waals surface area (Å²) in [6.45, 7) is 3.99. The summed E-state index contributed by atoms with van der Waals surface area (Å²) in [5.41, 5.74) is 1.60. The maximum atomic E-state index is 12.5. The summed E-state index contributed by atoms with van der Waals surface area (Å²) in [7, 11) is 1.39. The Bertz CT molecular complexity index is 490. The number of rotatable bonds is 3. The fraction of sp³-hybridized carbons (Fsp3) is 0.375. The standard InChI is InChI=1S/C16H18O3/c1-11-8-9-13(16(18)19-2)10-14(11)15(17)12-6-4-3-5-7-12/h3-7,13-14H,1,8-10H2,2H3/t13-,14-/m1/s1. The molecule has 0 aliphatic heterocycles. The predicted molar refractivity (Wildman–Crippen MR) is 72.8 cm³/mol. The zero-order chi connectivity index (χ0) is 13.8. The summed E-state index contributed by atoms with van der Waals surface area (Å²) in [5.74, 6) is -0.619. The molecule has 3 heteroatoms. The van der Waals surface area contributed by atoms with Crippen molar-refractivity contribution in [2.45, 2.75) is 19.3 Å². The molecule has 1 aliphatic rings. The van der Waals surface area contributed by atoms with Gasteiger partial charge in [0.15, 0.2) is 5.78 Å². The van der Waals surface area contributed by atoms with Gasteiger partial charge >= 0.3 is 5.97 Å². The highest BCUT2D eigenvalue weighted by molar-refractivity contribution is 5.99. The zero-order valence-corrected chi connectivity index (χ0v) is 11.1. The highest BCUT2D eigenvalue weighted by atomic mass is 16.5. The third-order valence-corrected chi connectivity index (χ3v) is 3.74. The van der Waals surface area contributed by atoms with E-state index in [4.69, 9.17) is 4.74 Å². The van der Waals surface area contributed by atoms with Crippen LogP contribution in [-0.2, 0) is 9.53 Å². The van der Waals surface area contributed by atoms with E-state index in [2.05, 4.69) is 6.58 Å². The predicted octanol–water partition coefficient (Wildman–Crippen LogP) is 3.01. The number of carbonyl (C=O) groups is 2. The van der Waals surface area contributed by atoms with E-state index in [9.17, 15) is 9.59 Å². The maximum Gasteiger partial charge on any atom is 0.308 e. The van der Waals surface area contributed by atoms with Crippen LogP contribution in [-0.4, -0.2) is 18.9 Å². The molecule has 1 saturated carbocycles. The second-order valence-electron chi connectivity index (χ2n) is 4.94. The summed E-state index contributed by atoms with van der Waals surface area (Å²) in [6, 6.07) is 9.17. The number of ether oxygens (including phenoxy) is 1. The molecule has 0 bridgehead atoms. The molecule has 19 heavy (non-hydrogen) atoms. The molecule has 0 amide bonds. The van der Waals surface area contributed by atoms with Crippen molar-refractivity contribution in [3.63, 3.8) is 0 Å². The van der Waals surface area contributed by atoms with Crippen molar-refractivity contribution in [2.75, 3.05) is 7.11 Å². The van der Waals surface area contributed by atoms with E-state index < -0.39 is 0 Å². The molecule has 0 aromatic heterocycles. The summed E-state index contributed by atoms with van der Waals surface area (Å²) in [4.78, 5) is 24.1. The first-order valence-electron chi connectivity index (χ1n) is 6.48. The molecule has 3 nitrogen and oxygen atoms in total. The number of carbonyl (C=O) groups excluding carboxylic acids is 2. The molecule has 0 saturated heterocycles. The van der Waals surface area contributed by atoms with Crippen molar-refractivity contribution in [1.29, 1.82) is 0 Å². The molecule has 0 unspecified atom stereocenters. The van der Waals surface area contributed by atoms with Gasteiger partial charge in [-0.1, -0.05) is 42.5 Å². The van der Waals surface area contributed by atoms with Gasteiger partial charge in [-0.3, -0.25) is 9.59 Å². The van der Waals surface area contributed by atoms with Gasteiger partial charge in [0.05, 0.1) is 13.0 Å². The molecule has 0 radical (unpaired) electrons. The lowest BCUT2D eigenvalue weighted by Gasteiger charge is -2.28. The minimum Gasteiger partial charge on any atom is -0.469 e. The Morgan fingerprint density at radius 2 is 1.95 bits per heavy atom. The SMILES string of the molecule is C=C1CC[C@@H](C(=O)OC)C[C@H]1C(=O)c1ccccc1. The van der Waals surface area contributed by atoms with E-state index in [-0.39, 0.29) is 23.6 Å². The average molecular weight is 258 g/mol. The first-order chi connectivity index (χ1) is 9.13. The van der Waals surface area contributed by atoms with Gasteiger partial charge in [-0.15, -0.1) is 0 Å². The molecule has 1 aromatic rings. The highest BCUT2D eigenvalue weighted by Gasteiger charge is 2.34. The van der Waals surface area contributed by atoms with Gasteiger partial charge in [0.25, 0.3) is 0 Å². The van der Waals surface area contributed by atoms with Gasteiger partial charge < -0.3 is 4.74 Å². The Balaban J connectivity index is 2.15. The second kappa shape index (κ2) is 5.83. The molecular formula is C16H18O3. The highest BCUT2D eigenvalue weighted by Crippen LogP contribution is 2.35. The summed E-state index contributed by atoms with van der Waals surface area (Å²) >= 11 is 0. The number of hydrogen-bond acceptors (Lipinski definition) is 3. The van der Waals surface area contributed by atoms with E-state index in [1.54, 1.807) is 12.1 Å². The lowest BCUT2D eigenvalue weighted by atomic mass is 9.75. The summed E-state index contributed by atoms with van der Waals surface area (Å²) in [5, 5.41) is 0. The van der Waals surface area contributed by atoms with Crippen LogP contribution in [0.5, 0.6) is 0 Å². The van der Waals surface area contributed by atoms with Gasteiger partial charge in [-0.2, -0.15) is 0 Å². The fourth-order valence-corrected chi connectivity index (χ4v) is 2.58. The Hall–Kier alpha value is -1.90. The van der Waals surface area contributed by atoms with Gasteiger partial charge in [-0.25, -0.2) is 0 Å². The Kier molecular flexibility index (Phi) is 4.15. The number of methoxy groups -OCH3 is 1. The fourth-order valence-electron chi connectivity index (χ4n) is 2.58. The first kappa shape index (κ1) is 13.5. The molecule has 1 aliphatic carbocycles. The number of ketones is 1. The second-order valence-corrected chi connectivity index (χ2v) is 4.94. The van der Waals surface area contributed by atoms with Crippen molar-refractivity contribution < 1.29 is 14.3 Å². The zero-order valence-electron chi connectivity index (χ0n) is 11.1. The normalized spacial score (nSPS) is 22.9. The van der Waals surface area contributed by atoms with E-state index in [1.807, 2.05) is 18.2 Å². The van der Waals surface area contributed by atoms with Gasteiger partial charge in [0.2, 0.25) is 0 Å². The van der Waals surface area contributed by atoms with Crippen LogP contribution in [0.25, 0.3) is 0 Å². The van der Waals surface area contributed by atoms with Crippen LogP contribution >= 0.6 is 0 Å². The Morgan fingerprint density at radius 3 is 2.58 bits per heavy atom. The number of Topliss-reactive ketones (excluding diaryl/α,β-unsaturated/α-hetero) is 1. The van der Waals surface area contributed by atoms with E-state index >= 15 is 0 Å². The van der Waals surface area contributed by atoms with E-state index in [0.717, 1.165) is 12.0 Å². The van der Waals surface area contributed by atoms with Crippen molar-refractivity contribution >= 4 is 11.8 Å². The van der Waals surface area contributed by atoms with E-state index in [0.29, 0.717) is 18.4 Å².